The van der Waals surface area contributed by atoms with Crippen molar-refractivity contribution in [3.63, 3.8) is 0 Å². The Morgan fingerprint density at radius 2 is 1.88 bits per heavy atom. The summed E-state index contributed by atoms with van der Waals surface area (Å²) in [7, 11) is 0. The zero-order chi connectivity index (χ0) is 12.7. The first-order chi connectivity index (χ1) is 8.15. The van der Waals surface area contributed by atoms with Crippen LogP contribution in [0, 0.1) is 17.2 Å². The number of nitrogens with zero attached hydrogens (tertiary/aromatic N) is 1. The molecule has 0 fully saturated rings. The van der Waals surface area contributed by atoms with E-state index in [0.29, 0.717) is 30.4 Å². The van der Waals surface area contributed by atoms with Gasteiger partial charge in [-0.1, -0.05) is 26.0 Å². The summed E-state index contributed by atoms with van der Waals surface area (Å²) in [5.41, 5.74) is 0.560. The first-order valence-corrected chi connectivity index (χ1v) is 5.88. The Morgan fingerprint density at radius 1 is 1.18 bits per heavy atom. The largest absolute Gasteiger partial charge is 0.490 e. The van der Waals surface area contributed by atoms with Crippen molar-refractivity contribution in [3.05, 3.63) is 29.8 Å². The first-order valence-electron chi connectivity index (χ1n) is 5.88. The maximum atomic E-state index is 8.87. The fourth-order valence-electron chi connectivity index (χ4n) is 1.26. The Labute approximate surface area is 103 Å². The second-order valence-electron chi connectivity index (χ2n) is 4.28. The number of nitriles is 1. The molecule has 1 unspecified atom stereocenters. The molecule has 0 aliphatic carbocycles. The number of para-hydroxylation sites is 1. The highest BCUT2D eigenvalue weighted by atomic mass is 16.5. The van der Waals surface area contributed by atoms with Gasteiger partial charge in [-0.05, 0) is 25.0 Å². The van der Waals surface area contributed by atoms with Gasteiger partial charge in [-0.3, -0.25) is 0 Å². The average molecular weight is 233 g/mol. The zero-order valence-corrected chi connectivity index (χ0v) is 10.6. The Kier molecular flexibility index (Phi) is 5.51. The van der Waals surface area contributed by atoms with Crippen LogP contribution in [-0.4, -0.2) is 19.3 Å². The molecular weight excluding hydrogens is 214 g/mol. The van der Waals surface area contributed by atoms with Gasteiger partial charge in [0.1, 0.15) is 18.4 Å². The molecule has 0 radical (unpaired) electrons. The molecule has 1 atom stereocenters. The minimum Gasteiger partial charge on any atom is -0.490 e. The van der Waals surface area contributed by atoms with Crippen LogP contribution in [0.2, 0.25) is 0 Å². The first kappa shape index (κ1) is 13.5. The lowest BCUT2D eigenvalue weighted by molar-refractivity contribution is 0.0188. The van der Waals surface area contributed by atoms with E-state index in [1.165, 1.54) is 0 Å². The van der Waals surface area contributed by atoms with E-state index in [4.69, 9.17) is 14.7 Å². The van der Waals surface area contributed by atoms with E-state index in [1.54, 1.807) is 12.1 Å². The van der Waals surface area contributed by atoms with Gasteiger partial charge in [0, 0.05) is 0 Å². The summed E-state index contributed by atoms with van der Waals surface area (Å²) < 4.78 is 11.1. The van der Waals surface area contributed by atoms with Crippen LogP contribution in [0.5, 0.6) is 5.75 Å². The Bertz CT molecular complexity index is 382. The summed E-state index contributed by atoms with van der Waals surface area (Å²) in [4.78, 5) is 0. The van der Waals surface area contributed by atoms with Crippen LogP contribution in [0.4, 0.5) is 0 Å². The van der Waals surface area contributed by atoms with E-state index < -0.39 is 0 Å². The van der Waals surface area contributed by atoms with Crippen molar-refractivity contribution in [1.82, 2.24) is 0 Å². The van der Waals surface area contributed by atoms with Gasteiger partial charge in [0.25, 0.3) is 0 Å². The summed E-state index contributed by atoms with van der Waals surface area (Å²) >= 11 is 0. The van der Waals surface area contributed by atoms with E-state index in [-0.39, 0.29) is 6.10 Å². The molecule has 0 saturated heterocycles. The molecule has 0 aliphatic rings. The monoisotopic (exact) mass is 233 g/mol. The predicted molar refractivity (Wildman–Crippen MR) is 66.9 cm³/mol. The highest BCUT2D eigenvalue weighted by Crippen LogP contribution is 2.16. The second kappa shape index (κ2) is 6.93. The highest BCUT2D eigenvalue weighted by Gasteiger charge is 2.07. The van der Waals surface area contributed by atoms with Crippen molar-refractivity contribution >= 4 is 0 Å². The van der Waals surface area contributed by atoms with Crippen molar-refractivity contribution in [2.45, 2.75) is 26.9 Å². The van der Waals surface area contributed by atoms with E-state index in [2.05, 4.69) is 19.9 Å². The van der Waals surface area contributed by atoms with Gasteiger partial charge in [0.05, 0.1) is 18.3 Å². The second-order valence-corrected chi connectivity index (χ2v) is 4.28. The third kappa shape index (κ3) is 4.46. The molecule has 0 aromatic heterocycles. The molecule has 0 bridgehead atoms. The summed E-state index contributed by atoms with van der Waals surface area (Å²) in [6.45, 7) is 7.30. The van der Waals surface area contributed by atoms with E-state index in [0.717, 1.165) is 0 Å². The summed E-state index contributed by atoms with van der Waals surface area (Å²) in [5, 5.41) is 8.87. The molecule has 0 N–H and O–H groups in total. The predicted octanol–water partition coefficient (Wildman–Crippen LogP) is 3.00. The van der Waals surface area contributed by atoms with Crippen LogP contribution in [0.15, 0.2) is 24.3 Å². The molecule has 0 heterocycles. The number of ether oxygens (including phenoxy) is 2. The van der Waals surface area contributed by atoms with E-state index in [1.807, 2.05) is 19.1 Å². The Morgan fingerprint density at radius 3 is 2.53 bits per heavy atom. The fourth-order valence-corrected chi connectivity index (χ4v) is 1.26. The molecule has 3 heteroatoms. The lowest BCUT2D eigenvalue weighted by atomic mass is 10.1. The summed E-state index contributed by atoms with van der Waals surface area (Å²) in [6, 6.07) is 9.31. The van der Waals surface area contributed by atoms with Gasteiger partial charge in [-0.25, -0.2) is 0 Å². The van der Waals surface area contributed by atoms with Crippen LogP contribution in [-0.2, 0) is 4.74 Å². The van der Waals surface area contributed by atoms with Gasteiger partial charge >= 0.3 is 0 Å². The van der Waals surface area contributed by atoms with Crippen molar-refractivity contribution in [1.29, 1.82) is 5.26 Å². The highest BCUT2D eigenvalue weighted by molar-refractivity contribution is 5.42. The molecule has 0 amide bonds. The topological polar surface area (TPSA) is 42.2 Å². The number of hydrogen-bond acceptors (Lipinski definition) is 3. The molecule has 1 aromatic carbocycles. The Balaban J connectivity index is 2.34. The smallest absolute Gasteiger partial charge is 0.137 e. The van der Waals surface area contributed by atoms with Crippen molar-refractivity contribution < 1.29 is 9.47 Å². The summed E-state index contributed by atoms with van der Waals surface area (Å²) in [5.74, 6) is 1.12. The third-order valence-corrected chi connectivity index (χ3v) is 2.67. The van der Waals surface area contributed by atoms with Crippen molar-refractivity contribution in [3.8, 4) is 11.8 Å². The van der Waals surface area contributed by atoms with Gasteiger partial charge in [-0.15, -0.1) is 0 Å². The molecule has 0 aliphatic heterocycles. The number of rotatable bonds is 6. The maximum Gasteiger partial charge on any atom is 0.137 e. The standard InChI is InChI=1S/C14H19NO2/c1-11(2)12(3)16-8-9-17-14-7-5-4-6-13(14)10-15/h4-7,11-12H,8-9H2,1-3H3. The number of hydrogen-bond donors (Lipinski definition) is 0. The zero-order valence-electron chi connectivity index (χ0n) is 10.6. The van der Waals surface area contributed by atoms with Gasteiger partial charge in [0.15, 0.2) is 0 Å². The fraction of sp³-hybridized carbons (Fsp3) is 0.500. The molecule has 92 valence electrons. The lowest BCUT2D eigenvalue weighted by Crippen LogP contribution is -2.19. The molecule has 3 nitrogen and oxygen atoms in total. The average Bonchev–Trinajstić information content (AvgIpc) is 2.34. The minimum absolute atomic E-state index is 0.227. The van der Waals surface area contributed by atoms with Crippen LogP contribution in [0.3, 0.4) is 0 Å². The molecule has 0 saturated carbocycles. The maximum absolute atomic E-state index is 8.87. The van der Waals surface area contributed by atoms with Crippen LogP contribution < -0.4 is 4.74 Å². The van der Waals surface area contributed by atoms with E-state index >= 15 is 0 Å². The molecule has 1 aromatic rings. The SMILES string of the molecule is CC(C)C(C)OCCOc1ccccc1C#N. The van der Waals surface area contributed by atoms with Crippen molar-refractivity contribution in [2.75, 3.05) is 13.2 Å². The van der Waals surface area contributed by atoms with Crippen LogP contribution in [0.1, 0.15) is 26.3 Å². The van der Waals surface area contributed by atoms with Crippen LogP contribution in [0.25, 0.3) is 0 Å². The van der Waals surface area contributed by atoms with Crippen molar-refractivity contribution in [2.24, 2.45) is 5.92 Å². The third-order valence-electron chi connectivity index (χ3n) is 2.67. The Hall–Kier alpha value is -1.53. The normalized spacial score (nSPS) is 12.2. The summed E-state index contributed by atoms with van der Waals surface area (Å²) in [6.07, 6.45) is 0.227. The van der Waals surface area contributed by atoms with Crippen LogP contribution >= 0.6 is 0 Å². The minimum atomic E-state index is 0.227. The molecule has 17 heavy (non-hydrogen) atoms. The van der Waals surface area contributed by atoms with Gasteiger partial charge in [-0.2, -0.15) is 5.26 Å². The molecule has 0 spiro atoms. The van der Waals surface area contributed by atoms with E-state index in [9.17, 15) is 0 Å². The quantitative estimate of drug-likeness (QED) is 0.709. The molecule has 1 rings (SSSR count). The molecular formula is C14H19NO2. The lowest BCUT2D eigenvalue weighted by Gasteiger charge is -2.16. The van der Waals surface area contributed by atoms with Gasteiger partial charge < -0.3 is 9.47 Å². The van der Waals surface area contributed by atoms with Gasteiger partial charge in [0.2, 0.25) is 0 Å². The number of benzene rings is 1.